The first kappa shape index (κ1) is 15.2. The van der Waals surface area contributed by atoms with Crippen molar-refractivity contribution in [3.8, 4) is 0 Å². The van der Waals surface area contributed by atoms with Crippen molar-refractivity contribution in [3.63, 3.8) is 0 Å². The normalized spacial score (nSPS) is 11.7. The third-order valence-corrected chi connectivity index (χ3v) is 2.59. The van der Waals surface area contributed by atoms with Crippen LogP contribution in [0.5, 0.6) is 0 Å². The Labute approximate surface area is 114 Å². The van der Waals surface area contributed by atoms with E-state index in [9.17, 15) is 14.0 Å². The fourth-order valence-corrected chi connectivity index (χ4v) is 1.62. The van der Waals surface area contributed by atoms with E-state index in [2.05, 4.69) is 10.6 Å². The minimum Gasteiger partial charge on any atom is -0.481 e. The highest BCUT2D eigenvalue weighted by molar-refractivity contribution is 6.30. The highest BCUT2D eigenvalue weighted by Gasteiger charge is 2.10. The summed E-state index contributed by atoms with van der Waals surface area (Å²) in [5.41, 5.74) is 0.646. The average Bonchev–Trinajstić information content (AvgIpc) is 2.29. The highest BCUT2D eigenvalue weighted by Crippen LogP contribution is 2.15. The zero-order valence-corrected chi connectivity index (χ0v) is 11.0. The quantitative estimate of drug-likeness (QED) is 0.777. The summed E-state index contributed by atoms with van der Waals surface area (Å²) in [4.78, 5) is 21.9. The van der Waals surface area contributed by atoms with Gasteiger partial charge in [0.2, 0.25) is 0 Å². The van der Waals surface area contributed by atoms with Crippen LogP contribution in [0.2, 0.25) is 5.02 Å². The van der Waals surface area contributed by atoms with Crippen LogP contribution in [0.15, 0.2) is 18.2 Å². The van der Waals surface area contributed by atoms with E-state index >= 15 is 0 Å². The monoisotopic (exact) mass is 288 g/mol. The number of nitrogens with one attached hydrogen (secondary N) is 2. The van der Waals surface area contributed by atoms with Crippen molar-refractivity contribution in [1.82, 2.24) is 10.6 Å². The number of hydrogen-bond donors (Lipinski definition) is 3. The molecule has 5 nitrogen and oxygen atoms in total. The summed E-state index contributed by atoms with van der Waals surface area (Å²) in [5.74, 6) is -1.51. The van der Waals surface area contributed by atoms with Crippen molar-refractivity contribution in [2.24, 2.45) is 0 Å². The Morgan fingerprint density at radius 2 is 2.16 bits per heavy atom. The summed E-state index contributed by atoms with van der Waals surface area (Å²) in [6.07, 6.45) is -0.157. The van der Waals surface area contributed by atoms with Gasteiger partial charge in [0.25, 0.3) is 0 Å². The molecule has 2 amide bonds. The molecular formula is C12H14ClFN2O3. The number of hydrogen-bond acceptors (Lipinski definition) is 2. The Morgan fingerprint density at radius 1 is 1.47 bits per heavy atom. The number of carbonyl (C=O) groups excluding carboxylic acids is 1. The summed E-state index contributed by atoms with van der Waals surface area (Å²) < 4.78 is 12.9. The van der Waals surface area contributed by atoms with E-state index in [4.69, 9.17) is 16.7 Å². The van der Waals surface area contributed by atoms with Crippen LogP contribution in [0.4, 0.5) is 9.18 Å². The number of halogens is 2. The molecule has 1 aromatic rings. The van der Waals surface area contributed by atoms with Crippen molar-refractivity contribution in [2.45, 2.75) is 25.9 Å². The molecule has 0 heterocycles. The minimum atomic E-state index is -0.988. The number of benzene rings is 1. The molecule has 0 spiro atoms. The summed E-state index contributed by atoms with van der Waals surface area (Å²) in [6.45, 7) is 1.76. The zero-order valence-electron chi connectivity index (χ0n) is 10.2. The predicted octanol–water partition coefficient (Wildman–Crippen LogP) is 2.14. The van der Waals surface area contributed by atoms with Crippen molar-refractivity contribution < 1.29 is 19.1 Å². The molecule has 1 unspecified atom stereocenters. The fourth-order valence-electron chi connectivity index (χ4n) is 1.42. The first-order chi connectivity index (χ1) is 8.88. The lowest BCUT2D eigenvalue weighted by molar-refractivity contribution is -0.137. The van der Waals surface area contributed by atoms with Gasteiger partial charge in [0, 0.05) is 12.6 Å². The van der Waals surface area contributed by atoms with E-state index in [1.165, 1.54) is 18.2 Å². The van der Waals surface area contributed by atoms with Crippen LogP contribution < -0.4 is 10.6 Å². The first-order valence-corrected chi connectivity index (χ1v) is 5.96. The van der Waals surface area contributed by atoms with Gasteiger partial charge < -0.3 is 15.7 Å². The first-order valence-electron chi connectivity index (χ1n) is 5.58. The van der Waals surface area contributed by atoms with Crippen molar-refractivity contribution >= 4 is 23.6 Å². The van der Waals surface area contributed by atoms with Gasteiger partial charge in [0.15, 0.2) is 0 Å². The second-order valence-electron chi connectivity index (χ2n) is 4.07. The predicted molar refractivity (Wildman–Crippen MR) is 68.5 cm³/mol. The number of carboxylic acids is 1. The largest absolute Gasteiger partial charge is 0.481 e. The van der Waals surface area contributed by atoms with Crippen LogP contribution in [-0.4, -0.2) is 23.1 Å². The van der Waals surface area contributed by atoms with Gasteiger partial charge in [-0.25, -0.2) is 9.18 Å². The molecule has 0 fully saturated rings. The maximum atomic E-state index is 12.9. The number of amides is 2. The van der Waals surface area contributed by atoms with E-state index < -0.39 is 23.9 Å². The SMILES string of the molecule is CC(CC(=O)O)NC(=O)NCc1ccc(F)c(Cl)c1. The van der Waals surface area contributed by atoms with Crippen LogP contribution in [0.1, 0.15) is 18.9 Å². The Morgan fingerprint density at radius 3 is 2.74 bits per heavy atom. The maximum absolute atomic E-state index is 12.9. The fraction of sp³-hybridized carbons (Fsp3) is 0.333. The molecule has 1 aromatic carbocycles. The molecule has 0 aliphatic carbocycles. The van der Waals surface area contributed by atoms with Gasteiger partial charge in [-0.05, 0) is 24.6 Å². The van der Waals surface area contributed by atoms with Gasteiger partial charge in [0.1, 0.15) is 5.82 Å². The summed E-state index contributed by atoms with van der Waals surface area (Å²) in [7, 11) is 0. The van der Waals surface area contributed by atoms with Crippen molar-refractivity contribution in [3.05, 3.63) is 34.6 Å². The van der Waals surface area contributed by atoms with Crippen molar-refractivity contribution in [1.29, 1.82) is 0 Å². The second kappa shape index (κ2) is 6.94. The minimum absolute atomic E-state index is 0.0149. The molecule has 0 bridgehead atoms. The number of aliphatic carboxylic acids is 1. The van der Waals surface area contributed by atoms with Gasteiger partial charge >= 0.3 is 12.0 Å². The van der Waals surface area contributed by atoms with Gasteiger partial charge in [-0.1, -0.05) is 17.7 Å². The summed E-state index contributed by atoms with van der Waals surface area (Å²) in [6, 6.07) is 3.16. The number of carbonyl (C=O) groups is 2. The zero-order chi connectivity index (χ0) is 14.4. The van der Waals surface area contributed by atoms with E-state index in [1.807, 2.05) is 0 Å². The lowest BCUT2D eigenvalue weighted by Gasteiger charge is -2.12. The smallest absolute Gasteiger partial charge is 0.315 e. The molecule has 0 aliphatic rings. The van der Waals surface area contributed by atoms with Gasteiger partial charge in [0.05, 0.1) is 11.4 Å². The number of rotatable bonds is 5. The Balaban J connectivity index is 2.41. The molecule has 0 radical (unpaired) electrons. The van der Waals surface area contributed by atoms with Crippen LogP contribution in [0.25, 0.3) is 0 Å². The van der Waals surface area contributed by atoms with Gasteiger partial charge in [-0.2, -0.15) is 0 Å². The molecule has 3 N–H and O–H groups in total. The molecule has 0 aromatic heterocycles. The number of carboxylic acid groups (broad SMARTS) is 1. The highest BCUT2D eigenvalue weighted by atomic mass is 35.5. The second-order valence-corrected chi connectivity index (χ2v) is 4.48. The van der Waals surface area contributed by atoms with Crippen LogP contribution in [0, 0.1) is 5.82 Å². The number of urea groups is 1. The van der Waals surface area contributed by atoms with Crippen molar-refractivity contribution in [2.75, 3.05) is 0 Å². The molecule has 0 saturated carbocycles. The molecule has 7 heteroatoms. The Kier molecular flexibility index (Phi) is 5.57. The van der Waals surface area contributed by atoms with E-state index in [-0.39, 0.29) is 18.0 Å². The molecule has 104 valence electrons. The molecule has 1 rings (SSSR count). The van der Waals surface area contributed by atoms with Gasteiger partial charge in [-0.3, -0.25) is 4.79 Å². The lowest BCUT2D eigenvalue weighted by atomic mass is 10.2. The Bertz CT molecular complexity index is 482. The third-order valence-electron chi connectivity index (χ3n) is 2.30. The van der Waals surface area contributed by atoms with Gasteiger partial charge in [-0.15, -0.1) is 0 Å². The molecule has 1 atom stereocenters. The molecule has 19 heavy (non-hydrogen) atoms. The lowest BCUT2D eigenvalue weighted by Crippen LogP contribution is -2.41. The Hall–Kier alpha value is -1.82. The van der Waals surface area contributed by atoms with E-state index in [0.29, 0.717) is 5.56 Å². The third kappa shape index (κ3) is 5.56. The topological polar surface area (TPSA) is 78.4 Å². The summed E-state index contributed by atoms with van der Waals surface area (Å²) >= 11 is 5.60. The molecule has 0 aliphatic heterocycles. The van der Waals surface area contributed by atoms with E-state index in [1.54, 1.807) is 6.92 Å². The molecule has 0 saturated heterocycles. The van der Waals surface area contributed by atoms with Crippen LogP contribution in [0.3, 0.4) is 0 Å². The van der Waals surface area contributed by atoms with Crippen LogP contribution in [-0.2, 0) is 11.3 Å². The average molecular weight is 289 g/mol. The van der Waals surface area contributed by atoms with E-state index in [0.717, 1.165) is 0 Å². The van der Waals surface area contributed by atoms with Crippen LogP contribution >= 0.6 is 11.6 Å². The maximum Gasteiger partial charge on any atom is 0.315 e. The molecular weight excluding hydrogens is 275 g/mol. The summed E-state index contributed by atoms with van der Waals surface area (Å²) in [5, 5.41) is 13.5. The standard InChI is InChI=1S/C12H14ClFN2O3/c1-7(4-11(17)18)16-12(19)15-6-8-2-3-10(14)9(13)5-8/h2-3,5,7H,4,6H2,1H3,(H,17,18)(H2,15,16,19).